The van der Waals surface area contributed by atoms with Gasteiger partial charge in [0.15, 0.2) is 0 Å². The molecular weight excluding hydrogens is 400 g/mol. The Labute approximate surface area is 183 Å². The van der Waals surface area contributed by atoms with E-state index in [-0.39, 0.29) is 22.7 Å². The highest BCUT2D eigenvalue weighted by molar-refractivity contribution is 5.71. The Balaban J connectivity index is 1.38. The van der Waals surface area contributed by atoms with Crippen molar-refractivity contribution in [1.29, 1.82) is 0 Å². The summed E-state index contributed by atoms with van der Waals surface area (Å²) in [6.07, 6.45) is 4.27. The molecule has 2 heterocycles. The van der Waals surface area contributed by atoms with Gasteiger partial charge in [0.05, 0.1) is 24.2 Å². The molecule has 0 saturated carbocycles. The lowest BCUT2D eigenvalue weighted by Crippen LogP contribution is -2.41. The highest BCUT2D eigenvalue weighted by Gasteiger charge is 2.25. The number of esters is 1. The van der Waals surface area contributed by atoms with Crippen LogP contribution in [0.2, 0.25) is 0 Å². The van der Waals surface area contributed by atoms with Crippen LogP contribution in [0.5, 0.6) is 0 Å². The summed E-state index contributed by atoms with van der Waals surface area (Å²) in [6.45, 7) is 6.99. The van der Waals surface area contributed by atoms with Crippen LogP contribution in [0.15, 0.2) is 18.2 Å². The van der Waals surface area contributed by atoms with Gasteiger partial charge in [-0.05, 0) is 50.7 Å². The molecule has 1 aromatic rings. The molecule has 0 bridgehead atoms. The summed E-state index contributed by atoms with van der Waals surface area (Å²) < 4.78 is 11.2. The van der Waals surface area contributed by atoms with E-state index in [0.29, 0.717) is 24.8 Å². The molecule has 2 aliphatic heterocycles. The SMILES string of the molecule is CCOC(=O)CN1CCC(OCC2CCN(c3ccc([N+](=O)[O-])c(NC)c3)CC2)CC1. The van der Waals surface area contributed by atoms with Gasteiger partial charge in [-0.2, -0.15) is 0 Å². The quantitative estimate of drug-likeness (QED) is 0.360. The van der Waals surface area contributed by atoms with Crippen molar-refractivity contribution >= 4 is 23.0 Å². The molecule has 0 amide bonds. The zero-order valence-electron chi connectivity index (χ0n) is 18.5. The van der Waals surface area contributed by atoms with Crippen LogP contribution in [0.25, 0.3) is 0 Å². The number of anilines is 2. The van der Waals surface area contributed by atoms with Crippen LogP contribution in [0, 0.1) is 16.0 Å². The third-order valence-corrected chi connectivity index (χ3v) is 6.19. The van der Waals surface area contributed by atoms with Crippen molar-refractivity contribution in [2.24, 2.45) is 5.92 Å². The predicted molar refractivity (Wildman–Crippen MR) is 120 cm³/mol. The van der Waals surface area contributed by atoms with E-state index in [4.69, 9.17) is 9.47 Å². The van der Waals surface area contributed by atoms with Gasteiger partial charge in [0, 0.05) is 51.6 Å². The fourth-order valence-electron chi connectivity index (χ4n) is 4.33. The maximum Gasteiger partial charge on any atom is 0.320 e. The van der Waals surface area contributed by atoms with Crippen LogP contribution < -0.4 is 10.2 Å². The Morgan fingerprint density at radius 3 is 2.52 bits per heavy atom. The Morgan fingerprint density at radius 1 is 1.19 bits per heavy atom. The molecule has 31 heavy (non-hydrogen) atoms. The van der Waals surface area contributed by atoms with Crippen molar-refractivity contribution < 1.29 is 19.2 Å². The molecule has 0 aromatic heterocycles. The number of hydrogen-bond donors (Lipinski definition) is 1. The van der Waals surface area contributed by atoms with Crippen LogP contribution in [0.4, 0.5) is 17.1 Å². The van der Waals surface area contributed by atoms with Gasteiger partial charge in [-0.3, -0.25) is 19.8 Å². The molecule has 1 aromatic carbocycles. The van der Waals surface area contributed by atoms with Crippen molar-refractivity contribution in [3.63, 3.8) is 0 Å². The highest BCUT2D eigenvalue weighted by Crippen LogP contribution is 2.31. The van der Waals surface area contributed by atoms with Crippen LogP contribution >= 0.6 is 0 Å². The summed E-state index contributed by atoms with van der Waals surface area (Å²) in [4.78, 5) is 26.8. The second-order valence-electron chi connectivity index (χ2n) is 8.25. The average molecular weight is 435 g/mol. The second kappa shape index (κ2) is 11.3. The summed E-state index contributed by atoms with van der Waals surface area (Å²) in [5.41, 5.74) is 1.66. The molecule has 9 heteroatoms. The molecule has 9 nitrogen and oxygen atoms in total. The third kappa shape index (κ3) is 6.54. The van der Waals surface area contributed by atoms with Crippen molar-refractivity contribution in [3.8, 4) is 0 Å². The molecule has 0 aliphatic carbocycles. The Morgan fingerprint density at radius 2 is 1.90 bits per heavy atom. The minimum Gasteiger partial charge on any atom is -0.465 e. The van der Waals surface area contributed by atoms with Gasteiger partial charge in [-0.25, -0.2) is 0 Å². The molecular formula is C22H34N4O5. The Bertz CT molecular complexity index is 743. The van der Waals surface area contributed by atoms with Gasteiger partial charge >= 0.3 is 5.97 Å². The second-order valence-corrected chi connectivity index (χ2v) is 8.25. The normalized spacial score (nSPS) is 18.7. The summed E-state index contributed by atoms with van der Waals surface area (Å²) >= 11 is 0. The molecule has 0 spiro atoms. The lowest BCUT2D eigenvalue weighted by atomic mass is 9.97. The van der Waals surface area contributed by atoms with Gasteiger partial charge in [-0.1, -0.05) is 0 Å². The van der Waals surface area contributed by atoms with Crippen molar-refractivity contribution in [2.45, 2.75) is 38.7 Å². The first-order valence-electron chi connectivity index (χ1n) is 11.2. The first kappa shape index (κ1) is 23.3. The van der Waals surface area contributed by atoms with Gasteiger partial charge in [0.1, 0.15) is 5.69 Å². The molecule has 2 saturated heterocycles. The smallest absolute Gasteiger partial charge is 0.320 e. The molecule has 172 valence electrons. The molecule has 2 fully saturated rings. The van der Waals surface area contributed by atoms with E-state index in [0.717, 1.165) is 64.2 Å². The van der Waals surface area contributed by atoms with Crippen LogP contribution in [-0.2, 0) is 14.3 Å². The number of carbonyl (C=O) groups excluding carboxylic acids is 1. The van der Waals surface area contributed by atoms with Gasteiger partial charge in [0.25, 0.3) is 5.69 Å². The minimum atomic E-state index is -0.361. The predicted octanol–water partition coefficient (Wildman–Crippen LogP) is 2.90. The summed E-state index contributed by atoms with van der Waals surface area (Å²) in [5.74, 6) is 0.388. The number of benzene rings is 1. The lowest BCUT2D eigenvalue weighted by molar-refractivity contribution is -0.383. The first-order valence-corrected chi connectivity index (χ1v) is 11.2. The largest absolute Gasteiger partial charge is 0.465 e. The van der Waals surface area contributed by atoms with Crippen molar-refractivity contribution in [1.82, 2.24) is 4.90 Å². The number of nitrogens with zero attached hydrogens (tertiary/aromatic N) is 3. The number of nitrogens with one attached hydrogen (secondary N) is 1. The number of carbonyl (C=O) groups is 1. The zero-order valence-corrected chi connectivity index (χ0v) is 18.5. The van der Waals surface area contributed by atoms with E-state index >= 15 is 0 Å². The topological polar surface area (TPSA) is 97.2 Å². The van der Waals surface area contributed by atoms with Gasteiger partial charge in [0.2, 0.25) is 0 Å². The minimum absolute atomic E-state index is 0.0999. The molecule has 0 radical (unpaired) electrons. The monoisotopic (exact) mass is 434 g/mol. The molecule has 0 atom stereocenters. The number of nitro groups is 1. The standard InChI is InChI=1S/C22H34N4O5/c1-3-30-22(27)15-24-10-8-19(9-11-24)31-16-17-6-12-25(13-7-17)18-4-5-21(26(28)29)20(14-18)23-2/h4-5,14,17,19,23H,3,6-13,15-16H2,1-2H3. The van der Waals surface area contributed by atoms with Crippen molar-refractivity contribution in [3.05, 3.63) is 28.3 Å². The van der Waals surface area contributed by atoms with Gasteiger partial charge < -0.3 is 19.7 Å². The van der Waals surface area contributed by atoms with E-state index < -0.39 is 0 Å². The fraction of sp³-hybridized carbons (Fsp3) is 0.682. The maximum atomic E-state index is 11.6. The van der Waals surface area contributed by atoms with Gasteiger partial charge in [-0.15, -0.1) is 0 Å². The molecule has 3 rings (SSSR count). The van der Waals surface area contributed by atoms with Crippen LogP contribution in [-0.4, -0.2) is 74.9 Å². The van der Waals surface area contributed by atoms with E-state index in [1.807, 2.05) is 19.1 Å². The fourth-order valence-corrected chi connectivity index (χ4v) is 4.33. The highest BCUT2D eigenvalue weighted by atomic mass is 16.6. The molecule has 2 aliphatic rings. The van der Waals surface area contributed by atoms with E-state index in [1.54, 1.807) is 13.1 Å². The third-order valence-electron chi connectivity index (χ3n) is 6.19. The maximum absolute atomic E-state index is 11.6. The van der Waals surface area contributed by atoms with E-state index in [9.17, 15) is 14.9 Å². The number of piperidine rings is 2. The summed E-state index contributed by atoms with van der Waals surface area (Å²) in [7, 11) is 1.71. The Kier molecular flexibility index (Phi) is 8.48. The van der Waals surface area contributed by atoms with Crippen LogP contribution in [0.1, 0.15) is 32.6 Å². The summed E-state index contributed by atoms with van der Waals surface area (Å²) in [5, 5.41) is 14.0. The lowest BCUT2D eigenvalue weighted by Gasteiger charge is -2.35. The summed E-state index contributed by atoms with van der Waals surface area (Å²) in [6, 6.07) is 5.27. The van der Waals surface area contributed by atoms with E-state index in [1.165, 1.54) is 0 Å². The zero-order chi connectivity index (χ0) is 22.2. The first-order chi connectivity index (χ1) is 15.0. The number of hydrogen-bond acceptors (Lipinski definition) is 8. The van der Waals surface area contributed by atoms with Crippen LogP contribution in [0.3, 0.4) is 0 Å². The number of likely N-dealkylation sites (tertiary alicyclic amines) is 1. The van der Waals surface area contributed by atoms with E-state index in [2.05, 4.69) is 15.1 Å². The Hall–Kier alpha value is -2.39. The number of nitro benzene ring substituents is 1. The van der Waals surface area contributed by atoms with Crippen molar-refractivity contribution in [2.75, 3.05) is 63.2 Å². The molecule has 1 N–H and O–H groups in total. The molecule has 0 unspecified atom stereocenters. The average Bonchev–Trinajstić information content (AvgIpc) is 2.78. The number of ether oxygens (including phenoxy) is 2. The number of rotatable bonds is 9.